The quantitative estimate of drug-likeness (QED) is 0.0534. The van der Waals surface area contributed by atoms with Gasteiger partial charge in [-0.2, -0.15) is 0 Å². The summed E-state index contributed by atoms with van der Waals surface area (Å²) in [4.78, 5) is 12.4. The van der Waals surface area contributed by atoms with Gasteiger partial charge in [0.05, 0.1) is 42.1 Å². The van der Waals surface area contributed by atoms with E-state index in [0.29, 0.717) is 21.3 Å². The molecule has 0 aliphatic heterocycles. The Labute approximate surface area is 227 Å². The van der Waals surface area contributed by atoms with Crippen LogP contribution in [0, 0.1) is 0 Å². The van der Waals surface area contributed by atoms with Gasteiger partial charge in [-0.05, 0) is 134 Å². The van der Waals surface area contributed by atoms with E-state index in [4.69, 9.17) is 14.2 Å². The van der Waals surface area contributed by atoms with E-state index < -0.39 is 0 Å². The predicted octanol–water partition coefficient (Wildman–Crippen LogP) is 9.13. The first-order valence-electron chi connectivity index (χ1n) is 9.81. The number of hydrogen-bond donors (Lipinski definition) is 0. The van der Waals surface area contributed by atoms with Gasteiger partial charge in [0.2, 0.25) is 0 Å². The lowest BCUT2D eigenvalue weighted by atomic mass is 10.00. The maximum Gasteiger partial charge on any atom is 0.313 e. The van der Waals surface area contributed by atoms with Crippen LogP contribution in [-0.4, -0.2) is 30.4 Å². The fourth-order valence-electron chi connectivity index (χ4n) is 2.95. The van der Waals surface area contributed by atoms with Crippen molar-refractivity contribution in [2.45, 2.75) is 71.5 Å². The van der Waals surface area contributed by atoms with E-state index in [1.807, 2.05) is 20.8 Å². The van der Waals surface area contributed by atoms with Crippen molar-refractivity contribution in [1.82, 2.24) is 0 Å². The molecule has 0 aliphatic rings. The minimum absolute atomic E-state index is 0.149. The predicted molar refractivity (Wildman–Crippen MR) is 144 cm³/mol. The van der Waals surface area contributed by atoms with Crippen molar-refractivity contribution >= 4 is 85.6 Å². The van der Waals surface area contributed by atoms with Crippen LogP contribution in [0.15, 0.2) is 34.5 Å². The molecule has 0 unspecified atom stereocenters. The Morgan fingerprint density at radius 3 is 1.84 bits per heavy atom. The molecule has 31 heavy (non-hydrogen) atoms. The summed E-state index contributed by atoms with van der Waals surface area (Å²) in [5.41, 5.74) is 0.551. The van der Waals surface area contributed by atoms with Crippen LogP contribution in [0.5, 0.6) is 5.75 Å². The van der Waals surface area contributed by atoms with Crippen LogP contribution in [0.4, 0.5) is 0 Å². The maximum atomic E-state index is 12.4. The molecule has 4 nitrogen and oxygen atoms in total. The molecule has 0 radical (unpaired) electrons. The third kappa shape index (κ3) is 10.3. The smallest absolute Gasteiger partial charge is 0.313 e. The summed E-state index contributed by atoms with van der Waals surface area (Å²) in [6.45, 7) is 15.1. The second kappa shape index (κ2) is 13.0. The molecule has 0 spiro atoms. The van der Waals surface area contributed by atoms with Gasteiger partial charge in [0.1, 0.15) is 0 Å². The average molecular weight is 757 g/mol. The number of esters is 1. The topological polar surface area (TPSA) is 44.8 Å². The number of carbonyl (C=O) groups is 1. The Balaban J connectivity index is 2.47. The summed E-state index contributed by atoms with van der Waals surface area (Å²) in [6, 6.07) is 0. The van der Waals surface area contributed by atoms with Gasteiger partial charge in [0, 0.05) is 11.1 Å². The number of hydrogen-bond acceptors (Lipinski definition) is 4. The van der Waals surface area contributed by atoms with Crippen LogP contribution in [0.1, 0.15) is 60.3 Å². The molecule has 1 rings (SSSR count). The van der Waals surface area contributed by atoms with Crippen molar-refractivity contribution in [3.8, 4) is 5.75 Å². The summed E-state index contributed by atoms with van der Waals surface area (Å²) >= 11 is 17.3. The number of rotatable bonds is 12. The summed E-state index contributed by atoms with van der Waals surface area (Å²) in [5, 5.41) is 0. The third-order valence-corrected chi connectivity index (χ3v) is 10.3. The molecule has 0 saturated carbocycles. The Kier molecular flexibility index (Phi) is 12.5. The first-order chi connectivity index (χ1) is 14.2. The summed E-state index contributed by atoms with van der Waals surface area (Å²) in [6.07, 6.45) is 2.69. The van der Waals surface area contributed by atoms with Gasteiger partial charge in [-0.25, -0.2) is 0 Å². The van der Waals surface area contributed by atoms with Gasteiger partial charge >= 0.3 is 5.97 Å². The molecule has 1 aromatic rings. The van der Waals surface area contributed by atoms with Crippen molar-refractivity contribution in [2.24, 2.45) is 0 Å². The van der Waals surface area contributed by atoms with E-state index >= 15 is 0 Å². The Bertz CT molecular complexity index is 777. The van der Waals surface area contributed by atoms with Crippen LogP contribution in [-0.2, 0) is 14.3 Å². The van der Waals surface area contributed by atoms with Gasteiger partial charge in [-0.3, -0.25) is 4.79 Å². The number of carbonyl (C=O) groups excluding carboxylic acids is 1. The first kappa shape index (κ1) is 29.8. The van der Waals surface area contributed by atoms with E-state index in [1.54, 1.807) is 0 Å². The average Bonchev–Trinajstić information content (AvgIpc) is 2.64. The van der Waals surface area contributed by atoms with E-state index in [0.717, 1.165) is 38.3 Å². The summed E-state index contributed by atoms with van der Waals surface area (Å²) in [7, 11) is 0. The number of ether oxygens (including phenoxy) is 3. The Morgan fingerprint density at radius 1 is 0.839 bits per heavy atom. The SMILES string of the molecule is C=C(C)CC(C)(C)OCCCC(C)(C)OCCC(=O)Oc1c(Br)c(Br)c(Br)c(Br)c1Br. The summed E-state index contributed by atoms with van der Waals surface area (Å²) in [5.74, 6) is 0.0314. The normalized spacial score (nSPS) is 12.2. The second-order valence-corrected chi connectivity index (χ2v) is 12.5. The number of halogens is 5. The van der Waals surface area contributed by atoms with E-state index in [1.165, 1.54) is 0 Å². The molecule has 0 N–H and O–H groups in total. The van der Waals surface area contributed by atoms with E-state index in [9.17, 15) is 4.79 Å². The van der Waals surface area contributed by atoms with Crippen LogP contribution in [0.25, 0.3) is 0 Å². The maximum absolute atomic E-state index is 12.4. The molecule has 1 aromatic carbocycles. The van der Waals surface area contributed by atoms with Gasteiger partial charge in [-0.15, -0.1) is 6.58 Å². The Hall–Kier alpha value is 0.750. The zero-order valence-electron chi connectivity index (χ0n) is 18.5. The molecule has 0 heterocycles. The minimum atomic E-state index is -0.372. The van der Waals surface area contributed by atoms with Crippen LogP contribution >= 0.6 is 79.6 Å². The van der Waals surface area contributed by atoms with Crippen molar-refractivity contribution in [3.63, 3.8) is 0 Å². The van der Waals surface area contributed by atoms with E-state index in [-0.39, 0.29) is 30.2 Å². The highest BCUT2D eigenvalue weighted by atomic mass is 79.9. The fourth-order valence-corrected chi connectivity index (χ4v) is 6.12. The van der Waals surface area contributed by atoms with Crippen LogP contribution in [0.2, 0.25) is 0 Å². The van der Waals surface area contributed by atoms with Gasteiger partial charge in [-0.1, -0.05) is 5.57 Å². The molecule has 0 aliphatic carbocycles. The van der Waals surface area contributed by atoms with Gasteiger partial charge in [0.15, 0.2) is 5.75 Å². The van der Waals surface area contributed by atoms with Crippen molar-refractivity contribution < 1.29 is 19.0 Å². The second-order valence-electron chi connectivity index (χ2n) is 8.58. The molecule has 0 saturated heterocycles. The largest absolute Gasteiger partial charge is 0.424 e. The minimum Gasteiger partial charge on any atom is -0.424 e. The van der Waals surface area contributed by atoms with Gasteiger partial charge in [0.25, 0.3) is 0 Å². The van der Waals surface area contributed by atoms with Crippen molar-refractivity contribution in [3.05, 3.63) is 34.5 Å². The molecular weight excluding hydrogens is 728 g/mol. The lowest BCUT2D eigenvalue weighted by Crippen LogP contribution is -2.29. The lowest BCUT2D eigenvalue weighted by Gasteiger charge is -2.28. The zero-order valence-corrected chi connectivity index (χ0v) is 26.4. The number of benzene rings is 1. The van der Waals surface area contributed by atoms with Crippen LogP contribution < -0.4 is 4.74 Å². The third-order valence-electron chi connectivity index (χ3n) is 4.33. The molecule has 0 amide bonds. The molecule has 0 bridgehead atoms. The van der Waals surface area contributed by atoms with Gasteiger partial charge < -0.3 is 14.2 Å². The zero-order chi connectivity index (χ0) is 24.0. The summed E-state index contributed by atoms with van der Waals surface area (Å²) < 4.78 is 21.1. The highest BCUT2D eigenvalue weighted by Crippen LogP contribution is 2.48. The highest BCUT2D eigenvalue weighted by molar-refractivity contribution is 9.15. The molecule has 9 heteroatoms. The molecule has 0 fully saturated rings. The lowest BCUT2D eigenvalue weighted by molar-refractivity contribution is -0.137. The first-order valence-corrected chi connectivity index (χ1v) is 13.8. The molecule has 176 valence electrons. The molecule has 0 aromatic heterocycles. The fraction of sp³-hybridized carbons (Fsp3) is 0.591. The molecule has 0 atom stereocenters. The van der Waals surface area contributed by atoms with Crippen molar-refractivity contribution in [2.75, 3.05) is 13.2 Å². The molecular formula is C22H29Br5O4. The standard InChI is InChI=1S/C22H29Br5O4/c1-13(2)12-22(5,6)29-10-7-9-21(3,4)30-11-8-14(28)31-20-18(26)16(24)15(23)17(25)19(20)27/h1,7-12H2,2-6H3. The highest BCUT2D eigenvalue weighted by Gasteiger charge is 2.23. The van der Waals surface area contributed by atoms with E-state index in [2.05, 4.69) is 100 Å². The Morgan fingerprint density at radius 2 is 1.32 bits per heavy atom. The van der Waals surface area contributed by atoms with Crippen molar-refractivity contribution in [1.29, 1.82) is 0 Å². The monoisotopic (exact) mass is 752 g/mol. The van der Waals surface area contributed by atoms with Crippen LogP contribution in [0.3, 0.4) is 0 Å².